The number of ether oxygens (including phenoxy) is 2. The quantitative estimate of drug-likeness (QED) is 0.381. The maximum absolute atomic E-state index is 13.3. The Hall–Kier alpha value is -4.48. The Kier molecular flexibility index (Phi) is 6.05. The van der Waals surface area contributed by atoms with Crippen LogP contribution in [-0.2, 0) is 19.1 Å². The molecule has 1 aliphatic heterocycles. The molecular weight excluding hydrogens is 424 g/mol. The highest BCUT2D eigenvalue weighted by molar-refractivity contribution is 6.08. The van der Waals surface area contributed by atoms with Crippen molar-refractivity contribution in [3.63, 3.8) is 0 Å². The highest BCUT2D eigenvalue weighted by Gasteiger charge is 2.54. The summed E-state index contributed by atoms with van der Waals surface area (Å²) in [5.74, 6) is -3.53. The number of methoxy groups -OCH3 is 2. The van der Waals surface area contributed by atoms with Gasteiger partial charge in [-0.3, -0.25) is 29.9 Å². The summed E-state index contributed by atoms with van der Waals surface area (Å²) < 4.78 is 9.50. The van der Waals surface area contributed by atoms with Crippen LogP contribution in [0.4, 0.5) is 11.4 Å². The van der Waals surface area contributed by atoms with E-state index in [0.29, 0.717) is 5.01 Å². The fourth-order valence-electron chi connectivity index (χ4n) is 3.19. The lowest BCUT2D eigenvalue weighted by Crippen LogP contribution is -2.70. The zero-order chi connectivity index (χ0) is 23.5. The van der Waals surface area contributed by atoms with E-state index >= 15 is 0 Å². The van der Waals surface area contributed by atoms with E-state index in [4.69, 9.17) is 4.74 Å². The summed E-state index contributed by atoms with van der Waals surface area (Å²) in [6.07, 6.45) is -0.684. The average molecular weight is 442 g/mol. The number of hydrazine groups is 1. The van der Waals surface area contributed by atoms with Crippen molar-refractivity contribution in [3.05, 3.63) is 69.8 Å². The molecule has 12 heteroatoms. The van der Waals surface area contributed by atoms with Gasteiger partial charge in [0.1, 0.15) is 6.42 Å². The van der Waals surface area contributed by atoms with Crippen LogP contribution in [0.1, 0.15) is 27.1 Å². The second-order valence-electron chi connectivity index (χ2n) is 6.66. The average Bonchev–Trinajstić information content (AvgIpc) is 2.80. The maximum Gasteiger partial charge on any atom is 0.355 e. The standard InChI is InChI=1S/C20H18N4O8/c1-31-16(25)11-20(19(28)32-2)21-15-6-4-3-5-14(15)18(27)23(20)22-17(26)12-7-9-13(10-8-12)24(29)30/h3-10,21H,11H2,1-2H3,(H,22,26). The first-order chi connectivity index (χ1) is 15.2. The lowest BCUT2D eigenvalue weighted by Gasteiger charge is -2.44. The molecule has 12 nitrogen and oxygen atoms in total. The van der Waals surface area contributed by atoms with Gasteiger partial charge < -0.3 is 14.8 Å². The third-order valence-electron chi connectivity index (χ3n) is 4.79. The van der Waals surface area contributed by atoms with Crippen LogP contribution in [0.3, 0.4) is 0 Å². The van der Waals surface area contributed by atoms with Crippen molar-refractivity contribution >= 4 is 35.1 Å². The molecule has 1 unspecified atom stereocenters. The molecule has 2 amide bonds. The van der Waals surface area contributed by atoms with Gasteiger partial charge in [-0.05, 0) is 24.3 Å². The van der Waals surface area contributed by atoms with Gasteiger partial charge in [0.05, 0.1) is 24.7 Å². The number of amides is 2. The van der Waals surface area contributed by atoms with E-state index in [1.165, 1.54) is 24.3 Å². The van der Waals surface area contributed by atoms with Gasteiger partial charge in [-0.25, -0.2) is 9.80 Å². The number of hydrogen-bond donors (Lipinski definition) is 2. The fraction of sp³-hybridized carbons (Fsp3) is 0.200. The summed E-state index contributed by atoms with van der Waals surface area (Å²) in [6.45, 7) is 0. The molecule has 166 valence electrons. The van der Waals surface area contributed by atoms with E-state index in [2.05, 4.69) is 15.5 Å². The van der Waals surface area contributed by atoms with Crippen LogP contribution < -0.4 is 10.7 Å². The van der Waals surface area contributed by atoms with Crippen molar-refractivity contribution in [2.24, 2.45) is 0 Å². The molecule has 0 bridgehead atoms. The summed E-state index contributed by atoms with van der Waals surface area (Å²) in [5.41, 5.74) is 0.270. The number of hydrogen-bond acceptors (Lipinski definition) is 9. The van der Waals surface area contributed by atoms with E-state index < -0.39 is 40.8 Å². The summed E-state index contributed by atoms with van der Waals surface area (Å²) in [6, 6.07) is 10.8. The van der Waals surface area contributed by atoms with Gasteiger partial charge in [0, 0.05) is 23.4 Å². The first-order valence-electron chi connectivity index (χ1n) is 9.16. The molecule has 2 N–H and O–H groups in total. The third-order valence-corrected chi connectivity index (χ3v) is 4.79. The topological polar surface area (TPSA) is 157 Å². The SMILES string of the molecule is COC(=O)CC1(C(=O)OC)Nc2ccccc2C(=O)N1NC(=O)c1ccc([N+](=O)[O-])cc1. The molecule has 2 aromatic carbocycles. The van der Waals surface area contributed by atoms with Crippen molar-refractivity contribution < 1.29 is 33.6 Å². The molecular formula is C20H18N4O8. The van der Waals surface area contributed by atoms with Crippen molar-refractivity contribution in [2.45, 2.75) is 12.1 Å². The molecule has 1 heterocycles. The number of nitro benzene ring substituents is 1. The zero-order valence-corrected chi connectivity index (χ0v) is 17.0. The number of anilines is 1. The Bertz CT molecular complexity index is 1100. The van der Waals surface area contributed by atoms with Crippen LogP contribution in [-0.4, -0.2) is 53.6 Å². The number of benzene rings is 2. The summed E-state index contributed by atoms with van der Waals surface area (Å²) in [5, 5.41) is 14.3. The molecule has 2 aromatic rings. The summed E-state index contributed by atoms with van der Waals surface area (Å²) in [4.78, 5) is 61.3. The zero-order valence-electron chi connectivity index (χ0n) is 17.0. The molecule has 32 heavy (non-hydrogen) atoms. The highest BCUT2D eigenvalue weighted by Crippen LogP contribution is 2.33. The number of nitro groups is 1. The largest absolute Gasteiger partial charge is 0.469 e. The molecule has 0 aliphatic carbocycles. The van der Waals surface area contributed by atoms with Gasteiger partial charge in [-0.2, -0.15) is 0 Å². The fourth-order valence-corrected chi connectivity index (χ4v) is 3.19. The van der Waals surface area contributed by atoms with Crippen molar-refractivity contribution in [2.75, 3.05) is 19.5 Å². The van der Waals surface area contributed by atoms with E-state index in [1.54, 1.807) is 12.1 Å². The van der Waals surface area contributed by atoms with E-state index in [-0.39, 0.29) is 22.5 Å². The highest BCUT2D eigenvalue weighted by atomic mass is 16.6. The number of rotatable bonds is 6. The molecule has 0 saturated heterocycles. The number of fused-ring (bicyclic) bond motifs is 1. The molecule has 1 atom stereocenters. The minimum Gasteiger partial charge on any atom is -0.469 e. The Morgan fingerprint density at radius 3 is 2.34 bits per heavy atom. The second-order valence-corrected chi connectivity index (χ2v) is 6.66. The normalized spacial score (nSPS) is 16.9. The predicted octanol–water partition coefficient (Wildman–Crippen LogP) is 1.24. The lowest BCUT2D eigenvalue weighted by molar-refractivity contribution is -0.384. The maximum atomic E-state index is 13.3. The van der Waals surface area contributed by atoms with Gasteiger partial charge in [0.15, 0.2) is 0 Å². The number of nitrogens with one attached hydrogen (secondary N) is 2. The van der Waals surface area contributed by atoms with Crippen LogP contribution in [0.25, 0.3) is 0 Å². The Morgan fingerprint density at radius 1 is 1.09 bits per heavy atom. The number of carbonyl (C=O) groups excluding carboxylic acids is 4. The number of para-hydroxylation sites is 1. The number of nitrogens with zero attached hydrogens (tertiary/aromatic N) is 2. The molecule has 0 radical (unpaired) electrons. The van der Waals surface area contributed by atoms with E-state index in [9.17, 15) is 29.3 Å². The van der Waals surface area contributed by atoms with Gasteiger partial charge >= 0.3 is 11.9 Å². The molecule has 1 aliphatic rings. The summed E-state index contributed by atoms with van der Waals surface area (Å²) in [7, 11) is 2.16. The van der Waals surface area contributed by atoms with Crippen LogP contribution in [0.2, 0.25) is 0 Å². The van der Waals surface area contributed by atoms with Crippen molar-refractivity contribution in [1.29, 1.82) is 0 Å². The van der Waals surface area contributed by atoms with E-state index in [1.807, 2.05) is 0 Å². The van der Waals surface area contributed by atoms with Crippen LogP contribution >= 0.6 is 0 Å². The van der Waals surface area contributed by atoms with Crippen LogP contribution in [0, 0.1) is 10.1 Å². The molecule has 0 aromatic heterocycles. The van der Waals surface area contributed by atoms with Crippen LogP contribution in [0.15, 0.2) is 48.5 Å². The molecule has 0 spiro atoms. The monoisotopic (exact) mass is 442 g/mol. The van der Waals surface area contributed by atoms with Crippen molar-refractivity contribution in [3.8, 4) is 0 Å². The minimum atomic E-state index is -2.15. The number of non-ortho nitro benzene ring substituents is 1. The van der Waals surface area contributed by atoms with Gasteiger partial charge in [-0.1, -0.05) is 12.1 Å². The molecule has 0 saturated carbocycles. The smallest absolute Gasteiger partial charge is 0.355 e. The van der Waals surface area contributed by atoms with Gasteiger partial charge in [0.2, 0.25) is 5.66 Å². The van der Waals surface area contributed by atoms with Crippen molar-refractivity contribution in [1.82, 2.24) is 10.4 Å². The minimum absolute atomic E-state index is 0.0286. The first-order valence-corrected chi connectivity index (χ1v) is 9.16. The summed E-state index contributed by atoms with van der Waals surface area (Å²) >= 11 is 0. The van der Waals surface area contributed by atoms with E-state index in [0.717, 1.165) is 26.4 Å². The molecule has 3 rings (SSSR count). The first kappa shape index (κ1) is 22.2. The van der Waals surface area contributed by atoms with Gasteiger partial charge in [0.25, 0.3) is 17.5 Å². The Labute approximate surface area is 181 Å². The number of esters is 2. The third kappa shape index (κ3) is 3.93. The predicted molar refractivity (Wildman–Crippen MR) is 108 cm³/mol. The molecule has 0 fully saturated rings. The number of carbonyl (C=O) groups is 4. The second kappa shape index (κ2) is 8.71. The Balaban J connectivity index is 2.06. The Morgan fingerprint density at radius 2 is 1.75 bits per heavy atom. The van der Waals surface area contributed by atoms with Crippen LogP contribution in [0.5, 0.6) is 0 Å². The lowest BCUT2D eigenvalue weighted by atomic mass is 9.97. The van der Waals surface area contributed by atoms with Gasteiger partial charge in [-0.15, -0.1) is 0 Å².